The summed E-state index contributed by atoms with van der Waals surface area (Å²) in [5, 5.41) is 3.72. The molecule has 0 bridgehead atoms. The van der Waals surface area contributed by atoms with Crippen molar-refractivity contribution in [3.8, 4) is 5.75 Å². The highest BCUT2D eigenvalue weighted by Gasteiger charge is 2.24. The number of rotatable bonds is 4. The van der Waals surface area contributed by atoms with Gasteiger partial charge in [-0.2, -0.15) is 0 Å². The third kappa shape index (κ3) is 3.28. The summed E-state index contributed by atoms with van der Waals surface area (Å²) in [5.74, 6) is 0.253. The third-order valence-corrected chi connectivity index (χ3v) is 3.08. The van der Waals surface area contributed by atoms with Gasteiger partial charge in [-0.05, 0) is 25.1 Å². The summed E-state index contributed by atoms with van der Waals surface area (Å²) < 4.78 is 10.5. The second-order valence-corrected chi connectivity index (χ2v) is 4.92. The van der Waals surface area contributed by atoms with Gasteiger partial charge >= 0.3 is 0 Å². The van der Waals surface area contributed by atoms with Crippen LogP contribution in [-0.4, -0.2) is 31.3 Å². The van der Waals surface area contributed by atoms with Crippen molar-refractivity contribution in [1.82, 2.24) is 5.32 Å². The van der Waals surface area contributed by atoms with Gasteiger partial charge in [0, 0.05) is 5.02 Å². The molecule has 0 radical (unpaired) electrons. The monoisotopic (exact) mass is 289 g/mol. The Kier molecular flexibility index (Phi) is 4.32. The zero-order valence-electron chi connectivity index (χ0n) is 9.78. The maximum absolute atomic E-state index is 11.8. The summed E-state index contributed by atoms with van der Waals surface area (Å²) in [7, 11) is 0. The molecule has 1 unspecified atom stereocenters. The van der Waals surface area contributed by atoms with E-state index in [4.69, 9.17) is 32.7 Å². The van der Waals surface area contributed by atoms with E-state index >= 15 is 0 Å². The molecular formula is C12H13Cl2NO3. The predicted octanol–water partition coefficient (Wildman–Crippen LogP) is 2.28. The number of carbonyl (C=O) groups excluding carboxylic acids is 1. The zero-order chi connectivity index (χ0) is 13.1. The van der Waals surface area contributed by atoms with Gasteiger partial charge < -0.3 is 14.8 Å². The molecule has 2 rings (SSSR count). The second-order valence-electron chi connectivity index (χ2n) is 4.08. The smallest absolute Gasteiger partial charge is 0.261 e. The lowest BCUT2D eigenvalue weighted by atomic mass is 10.2. The summed E-state index contributed by atoms with van der Waals surface area (Å²) in [5.41, 5.74) is 0. The van der Waals surface area contributed by atoms with Crippen molar-refractivity contribution in [3.05, 3.63) is 28.2 Å². The van der Waals surface area contributed by atoms with Crippen molar-refractivity contribution in [2.24, 2.45) is 0 Å². The molecule has 1 aliphatic rings. The van der Waals surface area contributed by atoms with Crippen LogP contribution in [0.15, 0.2) is 18.2 Å². The predicted molar refractivity (Wildman–Crippen MR) is 69.3 cm³/mol. The van der Waals surface area contributed by atoms with E-state index in [1.165, 1.54) is 0 Å². The Morgan fingerprint density at radius 2 is 2.22 bits per heavy atom. The molecule has 0 aromatic heterocycles. The molecule has 1 amide bonds. The molecule has 4 nitrogen and oxygen atoms in total. The van der Waals surface area contributed by atoms with E-state index in [0.29, 0.717) is 29.0 Å². The Labute approximate surface area is 115 Å². The van der Waals surface area contributed by atoms with Crippen LogP contribution < -0.4 is 10.1 Å². The number of amides is 1. The number of halogens is 2. The lowest BCUT2D eigenvalue weighted by Crippen LogP contribution is -2.51. The fraction of sp³-hybridized carbons (Fsp3) is 0.417. The highest BCUT2D eigenvalue weighted by atomic mass is 35.5. The van der Waals surface area contributed by atoms with Gasteiger partial charge in [0.15, 0.2) is 6.10 Å². The van der Waals surface area contributed by atoms with Gasteiger partial charge in [-0.1, -0.05) is 23.2 Å². The fourth-order valence-corrected chi connectivity index (χ4v) is 1.91. The molecule has 1 fully saturated rings. The van der Waals surface area contributed by atoms with Crippen molar-refractivity contribution in [2.75, 3.05) is 13.2 Å². The Bertz CT molecular complexity index is 449. The van der Waals surface area contributed by atoms with Crippen molar-refractivity contribution in [3.63, 3.8) is 0 Å². The maximum atomic E-state index is 11.8. The van der Waals surface area contributed by atoms with E-state index in [9.17, 15) is 4.79 Å². The summed E-state index contributed by atoms with van der Waals surface area (Å²) in [4.78, 5) is 11.8. The van der Waals surface area contributed by atoms with Gasteiger partial charge in [0.25, 0.3) is 5.91 Å². The van der Waals surface area contributed by atoms with Gasteiger partial charge in [0.1, 0.15) is 5.75 Å². The molecule has 1 atom stereocenters. The molecule has 0 spiro atoms. The topological polar surface area (TPSA) is 47.6 Å². The first-order chi connectivity index (χ1) is 8.56. The minimum Gasteiger partial charge on any atom is -0.479 e. The molecule has 1 saturated heterocycles. The van der Waals surface area contributed by atoms with Gasteiger partial charge in [-0.15, -0.1) is 0 Å². The number of benzene rings is 1. The second kappa shape index (κ2) is 5.78. The van der Waals surface area contributed by atoms with E-state index in [2.05, 4.69) is 5.32 Å². The number of hydrogen-bond donors (Lipinski definition) is 1. The molecule has 1 aromatic rings. The summed E-state index contributed by atoms with van der Waals surface area (Å²) >= 11 is 11.7. The molecule has 0 aliphatic carbocycles. The minimum absolute atomic E-state index is 0.0873. The molecule has 1 N–H and O–H groups in total. The van der Waals surface area contributed by atoms with E-state index in [1.807, 2.05) is 0 Å². The Morgan fingerprint density at radius 3 is 2.78 bits per heavy atom. The summed E-state index contributed by atoms with van der Waals surface area (Å²) in [6.45, 7) is 2.78. The van der Waals surface area contributed by atoms with E-state index in [-0.39, 0.29) is 11.9 Å². The van der Waals surface area contributed by atoms with Crippen LogP contribution in [0.1, 0.15) is 6.92 Å². The van der Waals surface area contributed by atoms with Gasteiger partial charge in [-0.3, -0.25) is 4.79 Å². The number of nitrogens with one attached hydrogen (secondary N) is 1. The number of ether oxygens (including phenoxy) is 2. The summed E-state index contributed by atoms with van der Waals surface area (Å²) in [6.07, 6.45) is -0.621. The van der Waals surface area contributed by atoms with Crippen molar-refractivity contribution in [1.29, 1.82) is 0 Å². The first-order valence-corrected chi connectivity index (χ1v) is 6.31. The van der Waals surface area contributed by atoms with Gasteiger partial charge in [0.2, 0.25) is 0 Å². The van der Waals surface area contributed by atoms with E-state index < -0.39 is 6.10 Å². The van der Waals surface area contributed by atoms with Crippen LogP contribution in [0.2, 0.25) is 10.0 Å². The first kappa shape index (κ1) is 13.5. The number of hydrogen-bond acceptors (Lipinski definition) is 3. The highest BCUT2D eigenvalue weighted by Crippen LogP contribution is 2.28. The normalized spacial score (nSPS) is 16.8. The summed E-state index contributed by atoms with van der Waals surface area (Å²) in [6, 6.07) is 4.96. The van der Waals surface area contributed by atoms with Crippen LogP contribution in [-0.2, 0) is 9.53 Å². The zero-order valence-corrected chi connectivity index (χ0v) is 11.3. The Balaban J connectivity index is 1.92. The molecule has 18 heavy (non-hydrogen) atoms. The molecule has 6 heteroatoms. The molecule has 1 aromatic carbocycles. The van der Waals surface area contributed by atoms with Crippen LogP contribution in [0.5, 0.6) is 5.75 Å². The van der Waals surface area contributed by atoms with Crippen LogP contribution in [0.3, 0.4) is 0 Å². The quantitative estimate of drug-likeness (QED) is 0.925. The minimum atomic E-state index is -0.621. The van der Waals surface area contributed by atoms with Gasteiger partial charge in [0.05, 0.1) is 24.3 Å². The average Bonchev–Trinajstić information content (AvgIpc) is 2.27. The standard InChI is InChI=1S/C12H13Cl2NO3/c1-7(12(16)15-9-5-17-6-9)18-11-3-2-8(13)4-10(11)14/h2-4,7,9H,5-6H2,1H3,(H,15,16). The molecule has 98 valence electrons. The lowest BCUT2D eigenvalue weighted by Gasteiger charge is -2.28. The fourth-order valence-electron chi connectivity index (χ4n) is 1.45. The number of carbonyl (C=O) groups is 1. The van der Waals surface area contributed by atoms with Crippen LogP contribution in [0.25, 0.3) is 0 Å². The van der Waals surface area contributed by atoms with Crippen LogP contribution >= 0.6 is 23.2 Å². The first-order valence-electron chi connectivity index (χ1n) is 5.56. The third-order valence-electron chi connectivity index (χ3n) is 2.55. The average molecular weight is 290 g/mol. The maximum Gasteiger partial charge on any atom is 0.261 e. The molecular weight excluding hydrogens is 277 g/mol. The Hall–Kier alpha value is -0.970. The Morgan fingerprint density at radius 1 is 1.50 bits per heavy atom. The van der Waals surface area contributed by atoms with Gasteiger partial charge in [-0.25, -0.2) is 0 Å². The highest BCUT2D eigenvalue weighted by molar-refractivity contribution is 6.35. The van der Waals surface area contributed by atoms with Crippen molar-refractivity contribution < 1.29 is 14.3 Å². The SMILES string of the molecule is CC(Oc1ccc(Cl)cc1Cl)C(=O)NC1COC1. The molecule has 1 heterocycles. The van der Waals surface area contributed by atoms with Crippen molar-refractivity contribution in [2.45, 2.75) is 19.1 Å². The van der Waals surface area contributed by atoms with E-state index in [1.54, 1.807) is 25.1 Å². The largest absolute Gasteiger partial charge is 0.479 e. The lowest BCUT2D eigenvalue weighted by molar-refractivity contribution is -0.131. The molecule has 1 aliphatic heterocycles. The molecule has 0 saturated carbocycles. The van der Waals surface area contributed by atoms with Crippen molar-refractivity contribution >= 4 is 29.1 Å². The van der Waals surface area contributed by atoms with Crippen LogP contribution in [0, 0.1) is 0 Å². The van der Waals surface area contributed by atoms with Crippen LogP contribution in [0.4, 0.5) is 0 Å². The van der Waals surface area contributed by atoms with E-state index in [0.717, 1.165) is 0 Å².